The van der Waals surface area contributed by atoms with Crippen LogP contribution in [0.5, 0.6) is 0 Å². The number of hydrogen-bond acceptors (Lipinski definition) is 3. The van der Waals surface area contributed by atoms with Crippen LogP contribution in [0.4, 0.5) is 13.2 Å². The quantitative estimate of drug-likeness (QED) is 0.919. The number of aliphatic hydroxyl groups is 1. The van der Waals surface area contributed by atoms with Crippen LogP contribution in [0.15, 0.2) is 41.6 Å². The molecule has 0 spiro atoms. The fourth-order valence-corrected chi connectivity index (χ4v) is 2.61. The number of aryl methyl sites for hydroxylation is 2. The molecule has 1 aliphatic rings. The second-order valence-corrected chi connectivity index (χ2v) is 5.59. The lowest BCUT2D eigenvalue weighted by Crippen LogP contribution is -2.45. The van der Waals surface area contributed by atoms with Crippen LogP contribution in [0.2, 0.25) is 0 Å². The van der Waals surface area contributed by atoms with Crippen LogP contribution < -0.4 is 0 Å². The number of benzene rings is 1. The highest BCUT2D eigenvalue weighted by atomic mass is 19.4. The molecule has 0 amide bonds. The summed E-state index contributed by atoms with van der Waals surface area (Å²) in [6, 6.07) is 10.9. The average molecular weight is 324 g/mol. The summed E-state index contributed by atoms with van der Waals surface area (Å²) in [5, 5.41) is 12.9. The average Bonchev–Trinajstić information content (AvgIpc) is 3.03. The minimum Gasteiger partial charge on any atom is -0.350 e. The molecule has 1 aromatic heterocycles. The van der Waals surface area contributed by atoms with E-state index in [0.29, 0.717) is 5.56 Å². The minimum atomic E-state index is -4.89. The maximum Gasteiger partial charge on any atom is 0.458 e. The number of nitrogens with zero attached hydrogens (tertiary/aromatic N) is 2. The SMILES string of the molecule is Cc1ccc(C)n1-c1ccc(C2=NOC(O)(C(F)(F)F)C2)cc1. The molecule has 3 rings (SSSR count). The summed E-state index contributed by atoms with van der Waals surface area (Å²) in [5.41, 5.74) is 3.57. The molecule has 0 saturated carbocycles. The lowest BCUT2D eigenvalue weighted by atomic mass is 10.0. The third-order valence-electron chi connectivity index (χ3n) is 3.89. The molecule has 1 atom stereocenters. The van der Waals surface area contributed by atoms with E-state index in [-0.39, 0.29) is 5.71 Å². The number of hydrogen-bond donors (Lipinski definition) is 1. The van der Waals surface area contributed by atoms with E-state index < -0.39 is 18.4 Å². The summed E-state index contributed by atoms with van der Waals surface area (Å²) in [6.45, 7) is 3.94. The molecular formula is C16H15F3N2O2. The molecule has 0 radical (unpaired) electrons. The Morgan fingerprint density at radius 2 is 1.65 bits per heavy atom. The molecule has 1 aliphatic heterocycles. The Morgan fingerprint density at radius 1 is 1.09 bits per heavy atom. The first kappa shape index (κ1) is 15.6. The number of aromatic nitrogens is 1. The molecule has 2 aromatic rings. The molecule has 1 unspecified atom stereocenters. The zero-order valence-electron chi connectivity index (χ0n) is 12.6. The fourth-order valence-electron chi connectivity index (χ4n) is 2.61. The van der Waals surface area contributed by atoms with Gasteiger partial charge in [0.2, 0.25) is 0 Å². The number of rotatable bonds is 2. The molecule has 2 heterocycles. The first-order chi connectivity index (χ1) is 10.7. The van der Waals surface area contributed by atoms with Crippen molar-refractivity contribution >= 4 is 5.71 Å². The lowest BCUT2D eigenvalue weighted by molar-refractivity contribution is -0.355. The molecule has 1 N–H and O–H groups in total. The summed E-state index contributed by atoms with van der Waals surface area (Å²) in [6.07, 6.45) is -5.62. The fraction of sp³-hybridized carbons (Fsp3) is 0.312. The predicted molar refractivity (Wildman–Crippen MR) is 78.5 cm³/mol. The van der Waals surface area contributed by atoms with Crippen LogP contribution in [-0.2, 0) is 4.84 Å². The summed E-state index contributed by atoms with van der Waals surface area (Å²) >= 11 is 0. The topological polar surface area (TPSA) is 46.8 Å². The first-order valence-corrected chi connectivity index (χ1v) is 7.01. The van der Waals surface area contributed by atoms with Gasteiger partial charge in [0, 0.05) is 17.1 Å². The third kappa shape index (κ3) is 2.61. The molecule has 0 aliphatic carbocycles. The van der Waals surface area contributed by atoms with Crippen molar-refractivity contribution in [3.63, 3.8) is 0 Å². The van der Waals surface area contributed by atoms with Gasteiger partial charge in [-0.2, -0.15) is 13.2 Å². The standard InChI is InChI=1S/C16H15F3N2O2/c1-10-3-4-11(2)21(10)13-7-5-12(6-8-13)14-9-15(22,23-20-14)16(17,18)19/h3-8,22H,9H2,1-2H3. The summed E-state index contributed by atoms with van der Waals surface area (Å²) in [5.74, 6) is -3.24. The van der Waals surface area contributed by atoms with E-state index in [9.17, 15) is 18.3 Å². The Bertz CT molecular complexity index is 743. The van der Waals surface area contributed by atoms with E-state index in [4.69, 9.17) is 0 Å². The highest BCUT2D eigenvalue weighted by Crippen LogP contribution is 2.39. The Balaban J connectivity index is 1.85. The highest BCUT2D eigenvalue weighted by molar-refractivity contribution is 6.01. The number of oxime groups is 1. The van der Waals surface area contributed by atoms with Crippen molar-refractivity contribution in [2.24, 2.45) is 5.16 Å². The zero-order chi connectivity index (χ0) is 16.8. The number of alkyl halides is 3. The Hall–Kier alpha value is -2.28. The van der Waals surface area contributed by atoms with E-state index in [1.165, 1.54) is 0 Å². The number of halogens is 3. The molecule has 0 fully saturated rings. The van der Waals surface area contributed by atoms with Crippen LogP contribution >= 0.6 is 0 Å². The van der Waals surface area contributed by atoms with Gasteiger partial charge in [0.15, 0.2) is 0 Å². The molecular weight excluding hydrogens is 309 g/mol. The van der Waals surface area contributed by atoms with E-state index in [0.717, 1.165) is 17.1 Å². The van der Waals surface area contributed by atoms with E-state index in [1.807, 2.05) is 30.5 Å². The largest absolute Gasteiger partial charge is 0.458 e. The van der Waals surface area contributed by atoms with Crippen molar-refractivity contribution in [1.29, 1.82) is 0 Å². The van der Waals surface area contributed by atoms with Crippen molar-refractivity contribution in [1.82, 2.24) is 4.57 Å². The van der Waals surface area contributed by atoms with Crippen molar-refractivity contribution in [2.75, 3.05) is 0 Å². The molecule has 1 aromatic carbocycles. The molecule has 122 valence electrons. The maximum absolute atomic E-state index is 12.7. The van der Waals surface area contributed by atoms with Crippen molar-refractivity contribution < 1.29 is 23.1 Å². The Labute approximate surface area is 130 Å². The van der Waals surface area contributed by atoms with Gasteiger partial charge in [0.05, 0.1) is 12.1 Å². The Morgan fingerprint density at radius 3 is 2.13 bits per heavy atom. The second-order valence-electron chi connectivity index (χ2n) is 5.59. The second kappa shape index (κ2) is 5.13. The molecule has 23 heavy (non-hydrogen) atoms. The predicted octanol–water partition coefficient (Wildman–Crippen LogP) is 3.47. The summed E-state index contributed by atoms with van der Waals surface area (Å²) in [7, 11) is 0. The van der Waals surface area contributed by atoms with E-state index in [2.05, 4.69) is 9.99 Å². The maximum atomic E-state index is 12.7. The third-order valence-corrected chi connectivity index (χ3v) is 3.89. The summed E-state index contributed by atoms with van der Waals surface area (Å²) in [4.78, 5) is 4.23. The van der Waals surface area contributed by atoms with Crippen LogP contribution in [0, 0.1) is 13.8 Å². The summed E-state index contributed by atoms with van der Waals surface area (Å²) < 4.78 is 40.2. The monoisotopic (exact) mass is 324 g/mol. The molecule has 0 saturated heterocycles. The first-order valence-electron chi connectivity index (χ1n) is 7.01. The van der Waals surface area contributed by atoms with Gasteiger partial charge in [-0.1, -0.05) is 17.3 Å². The van der Waals surface area contributed by atoms with Gasteiger partial charge >= 0.3 is 12.0 Å². The van der Waals surface area contributed by atoms with Crippen molar-refractivity contribution in [3.05, 3.63) is 53.3 Å². The van der Waals surface area contributed by atoms with Gasteiger partial charge in [0.1, 0.15) is 0 Å². The lowest BCUT2D eigenvalue weighted by Gasteiger charge is -2.22. The van der Waals surface area contributed by atoms with Gasteiger partial charge in [-0.25, -0.2) is 0 Å². The smallest absolute Gasteiger partial charge is 0.350 e. The normalized spacial score (nSPS) is 21.2. The van der Waals surface area contributed by atoms with Crippen molar-refractivity contribution in [2.45, 2.75) is 32.2 Å². The van der Waals surface area contributed by atoms with Crippen LogP contribution in [0.25, 0.3) is 5.69 Å². The highest BCUT2D eigenvalue weighted by Gasteiger charge is 2.60. The molecule has 0 bridgehead atoms. The van der Waals surface area contributed by atoms with E-state index >= 15 is 0 Å². The zero-order valence-corrected chi connectivity index (χ0v) is 12.6. The van der Waals surface area contributed by atoms with Gasteiger partial charge < -0.3 is 14.5 Å². The van der Waals surface area contributed by atoms with Crippen LogP contribution in [0.1, 0.15) is 23.4 Å². The minimum absolute atomic E-state index is 0.0670. The van der Waals surface area contributed by atoms with Gasteiger partial charge in [0.25, 0.3) is 0 Å². The van der Waals surface area contributed by atoms with Gasteiger partial charge in [-0.3, -0.25) is 0 Å². The molecule has 4 nitrogen and oxygen atoms in total. The molecule has 7 heteroatoms. The van der Waals surface area contributed by atoms with Crippen molar-refractivity contribution in [3.8, 4) is 5.69 Å². The van der Waals surface area contributed by atoms with Crippen LogP contribution in [-0.4, -0.2) is 27.3 Å². The van der Waals surface area contributed by atoms with E-state index in [1.54, 1.807) is 24.3 Å². The van der Waals surface area contributed by atoms with Gasteiger partial charge in [-0.05, 0) is 43.7 Å². The van der Waals surface area contributed by atoms with Crippen LogP contribution in [0.3, 0.4) is 0 Å². The Kier molecular flexibility index (Phi) is 3.48. The van der Waals surface area contributed by atoms with Gasteiger partial charge in [-0.15, -0.1) is 0 Å².